The summed E-state index contributed by atoms with van der Waals surface area (Å²) in [6.45, 7) is 8.27. The molecule has 2 aromatic heterocycles. The van der Waals surface area contributed by atoms with Crippen LogP contribution in [0.1, 0.15) is 18.4 Å². The van der Waals surface area contributed by atoms with E-state index in [9.17, 15) is 4.79 Å². The van der Waals surface area contributed by atoms with E-state index in [1.54, 1.807) is 6.07 Å². The van der Waals surface area contributed by atoms with Crippen molar-refractivity contribution in [2.24, 2.45) is 0 Å². The second-order valence-corrected chi connectivity index (χ2v) is 12.2. The highest BCUT2D eigenvalue weighted by Crippen LogP contribution is 2.44. The van der Waals surface area contributed by atoms with Gasteiger partial charge in [-0.3, -0.25) is 9.89 Å². The first-order chi connectivity index (χ1) is 20.2. The smallest absolute Gasteiger partial charge is 0.246 e. The molecule has 2 atom stereocenters. The molecule has 3 N–H and O–H groups in total. The van der Waals surface area contributed by atoms with E-state index < -0.39 is 5.82 Å². The lowest BCUT2D eigenvalue weighted by molar-refractivity contribution is -0.129. The lowest BCUT2D eigenvalue weighted by atomic mass is 9.94. The van der Waals surface area contributed by atoms with Gasteiger partial charge in [-0.05, 0) is 57.6 Å². The van der Waals surface area contributed by atoms with Crippen LogP contribution in [0.25, 0.3) is 32.9 Å². The molecule has 42 heavy (non-hydrogen) atoms. The lowest BCUT2D eigenvalue weighted by Crippen LogP contribution is -2.58. The molecule has 0 saturated carbocycles. The number of carbonyl (C=O) groups is 1. The molecule has 3 saturated heterocycles. The van der Waals surface area contributed by atoms with Gasteiger partial charge in [-0.1, -0.05) is 24.2 Å². The molecule has 0 spiro atoms. The molecule has 1 amide bonds. The second kappa shape index (κ2) is 9.81. The van der Waals surface area contributed by atoms with E-state index in [1.165, 1.54) is 6.08 Å². The molecule has 12 heteroatoms. The van der Waals surface area contributed by atoms with E-state index in [2.05, 4.69) is 31.5 Å². The molecule has 2 aromatic carbocycles. The Kier molecular flexibility index (Phi) is 6.28. The molecule has 218 valence electrons. The Balaban J connectivity index is 1.40. The minimum Gasteiger partial charge on any atom is -0.382 e. The number of nitrogens with two attached hydrogens (primary N) is 1. The quantitative estimate of drug-likeness (QED) is 0.337. The molecule has 5 heterocycles. The fourth-order valence-corrected chi connectivity index (χ4v) is 7.12. The predicted octanol–water partition coefficient (Wildman–Crippen LogP) is 3.97. The molecule has 4 aromatic rings. The van der Waals surface area contributed by atoms with Crippen molar-refractivity contribution in [2.75, 3.05) is 55.8 Å². The van der Waals surface area contributed by atoms with Gasteiger partial charge in [0.25, 0.3) is 0 Å². The number of rotatable bonds is 5. The highest BCUT2D eigenvalue weighted by atomic mass is 35.5. The van der Waals surface area contributed by atoms with Gasteiger partial charge in [0, 0.05) is 60.8 Å². The van der Waals surface area contributed by atoms with Crippen molar-refractivity contribution in [3.63, 3.8) is 0 Å². The lowest BCUT2D eigenvalue weighted by Gasteiger charge is -2.44. The number of piperazine rings is 1. The molecule has 7 rings (SSSR count). The van der Waals surface area contributed by atoms with Gasteiger partial charge in [-0.15, -0.1) is 0 Å². The topological polar surface area (TPSA) is 111 Å². The number of nitrogens with zero attached hydrogens (tertiary/aromatic N) is 7. The van der Waals surface area contributed by atoms with E-state index in [0.717, 1.165) is 31.5 Å². The Labute approximate surface area is 247 Å². The fourth-order valence-electron chi connectivity index (χ4n) is 6.83. The summed E-state index contributed by atoms with van der Waals surface area (Å²) in [6.07, 6.45) is 3.19. The molecule has 3 aliphatic rings. The minimum atomic E-state index is -0.522. The number of likely N-dealkylation sites (N-methyl/N-ethyl adjacent to an activating group) is 1. The number of benzene rings is 2. The summed E-state index contributed by atoms with van der Waals surface area (Å²) in [5.74, 6) is 0.828. The predicted molar refractivity (Wildman–Crippen MR) is 164 cm³/mol. The third-order valence-corrected chi connectivity index (χ3v) is 9.45. The Bertz CT molecular complexity index is 1750. The molecule has 3 aliphatic heterocycles. The summed E-state index contributed by atoms with van der Waals surface area (Å²) >= 11 is 6.93. The molecule has 0 radical (unpaired) electrons. The summed E-state index contributed by atoms with van der Waals surface area (Å²) in [5.41, 5.74) is 8.80. The Morgan fingerprint density at radius 1 is 1.14 bits per heavy atom. The normalized spacial score (nSPS) is 20.7. The Morgan fingerprint density at radius 3 is 2.52 bits per heavy atom. The van der Waals surface area contributed by atoms with Gasteiger partial charge in [-0.2, -0.15) is 10.1 Å². The van der Waals surface area contributed by atoms with Gasteiger partial charge in [-0.25, -0.2) is 9.37 Å². The van der Waals surface area contributed by atoms with Crippen LogP contribution in [0.5, 0.6) is 0 Å². The van der Waals surface area contributed by atoms with Gasteiger partial charge < -0.3 is 25.3 Å². The molecular weight excluding hydrogens is 557 g/mol. The first-order valence-corrected chi connectivity index (χ1v) is 14.6. The number of aryl methyl sites for hydroxylation is 1. The summed E-state index contributed by atoms with van der Waals surface area (Å²) < 4.78 is 16.9. The van der Waals surface area contributed by atoms with Crippen molar-refractivity contribution in [3.8, 4) is 11.1 Å². The molecule has 0 unspecified atom stereocenters. The molecule has 10 nitrogen and oxygen atoms in total. The Morgan fingerprint density at radius 2 is 1.86 bits per heavy atom. The number of amides is 1. The van der Waals surface area contributed by atoms with Crippen LogP contribution in [-0.4, -0.2) is 94.3 Å². The maximum atomic E-state index is 16.9. The number of aromatic amines is 1. The third-order valence-electron chi connectivity index (χ3n) is 9.15. The number of nitrogens with one attached hydrogen (secondary N) is 1. The standard InChI is InChI=1S/C30H33ClFN9O/c1-5-22(42)41-16-7-8-17(41)12-39(11-16)29-19-10-20(31)24(23-15(2)6-9-21-25(23)28(33)37-36-21)26(32)27(19)34-30(35-29)40-13-18(14-40)38(3)4/h5-6,9-10,16-18H,1,7-8,11-14H2,2-4H3,(H3,33,36,37)/t16-,17+. The first kappa shape index (κ1) is 26.9. The summed E-state index contributed by atoms with van der Waals surface area (Å²) in [5, 5.41) is 8.48. The second-order valence-electron chi connectivity index (χ2n) is 11.8. The van der Waals surface area contributed by atoms with Crippen LogP contribution in [-0.2, 0) is 4.79 Å². The van der Waals surface area contributed by atoms with Crippen molar-refractivity contribution in [2.45, 2.75) is 37.9 Å². The van der Waals surface area contributed by atoms with Gasteiger partial charge in [0.05, 0.1) is 15.9 Å². The SMILES string of the molecule is C=CC(=O)N1[C@@H]2CC[C@H]1CN(c1nc(N3CC(N(C)C)C3)nc3c(F)c(-c4c(C)ccc5[nH]nc(N)c45)c(Cl)cc13)C2. The molecule has 0 aliphatic carbocycles. The minimum absolute atomic E-state index is 0.0359. The first-order valence-electron chi connectivity index (χ1n) is 14.2. The van der Waals surface area contributed by atoms with E-state index in [4.69, 9.17) is 27.3 Å². The number of anilines is 3. The van der Waals surface area contributed by atoms with Crippen molar-refractivity contribution in [3.05, 3.63) is 47.3 Å². The van der Waals surface area contributed by atoms with Crippen molar-refractivity contribution >= 4 is 56.9 Å². The number of halogens is 2. The number of hydrogen-bond acceptors (Lipinski definition) is 8. The average Bonchev–Trinajstić information content (AvgIpc) is 3.43. The maximum absolute atomic E-state index is 16.9. The number of hydrogen-bond donors (Lipinski definition) is 2. The third kappa shape index (κ3) is 4.01. The van der Waals surface area contributed by atoms with Crippen LogP contribution in [0.4, 0.5) is 22.0 Å². The number of nitrogen functional groups attached to an aromatic ring is 1. The van der Waals surface area contributed by atoms with Gasteiger partial charge in [0.1, 0.15) is 11.3 Å². The average molecular weight is 590 g/mol. The highest BCUT2D eigenvalue weighted by Gasteiger charge is 2.43. The zero-order valence-corrected chi connectivity index (χ0v) is 24.6. The van der Waals surface area contributed by atoms with Gasteiger partial charge in [0.15, 0.2) is 11.6 Å². The maximum Gasteiger partial charge on any atom is 0.246 e. The summed E-state index contributed by atoms with van der Waals surface area (Å²) in [6, 6.07) is 5.98. The zero-order valence-electron chi connectivity index (χ0n) is 23.9. The number of H-pyrrole nitrogens is 1. The highest BCUT2D eigenvalue weighted by molar-refractivity contribution is 6.35. The van der Waals surface area contributed by atoms with Crippen molar-refractivity contribution < 1.29 is 9.18 Å². The number of fused-ring (bicyclic) bond motifs is 4. The van der Waals surface area contributed by atoms with Gasteiger partial charge in [0.2, 0.25) is 11.9 Å². The number of carbonyl (C=O) groups excluding carboxylic acids is 1. The summed E-state index contributed by atoms with van der Waals surface area (Å²) in [4.78, 5) is 30.8. The zero-order chi connectivity index (χ0) is 29.4. The van der Waals surface area contributed by atoms with Gasteiger partial charge >= 0.3 is 0 Å². The molecule has 3 fully saturated rings. The Hall–Kier alpha value is -3.96. The van der Waals surface area contributed by atoms with Crippen LogP contribution < -0.4 is 15.5 Å². The van der Waals surface area contributed by atoms with Crippen molar-refractivity contribution in [1.29, 1.82) is 0 Å². The van der Waals surface area contributed by atoms with E-state index in [-0.39, 0.29) is 39.9 Å². The van der Waals surface area contributed by atoms with Crippen LogP contribution in [0.15, 0.2) is 30.9 Å². The monoisotopic (exact) mass is 589 g/mol. The molecule has 2 bridgehead atoms. The van der Waals surface area contributed by atoms with E-state index >= 15 is 4.39 Å². The van der Waals surface area contributed by atoms with E-state index in [1.807, 2.05) is 38.1 Å². The largest absolute Gasteiger partial charge is 0.382 e. The van der Waals surface area contributed by atoms with Crippen LogP contribution in [0.3, 0.4) is 0 Å². The van der Waals surface area contributed by atoms with E-state index in [0.29, 0.717) is 52.8 Å². The van der Waals surface area contributed by atoms with Crippen LogP contribution in [0, 0.1) is 12.7 Å². The van der Waals surface area contributed by atoms with Crippen LogP contribution >= 0.6 is 11.6 Å². The van der Waals surface area contributed by atoms with Crippen LogP contribution in [0.2, 0.25) is 5.02 Å². The fraction of sp³-hybridized carbons (Fsp3) is 0.400. The molecular formula is C30H33ClFN9O. The summed E-state index contributed by atoms with van der Waals surface area (Å²) in [7, 11) is 4.10. The number of aromatic nitrogens is 4. The van der Waals surface area contributed by atoms with Crippen molar-refractivity contribution in [1.82, 2.24) is 30.0 Å².